The highest BCUT2D eigenvalue weighted by molar-refractivity contribution is 5.70. The van der Waals surface area contributed by atoms with Gasteiger partial charge in [0.25, 0.3) is 0 Å². The zero-order chi connectivity index (χ0) is 8.89. The summed E-state index contributed by atoms with van der Waals surface area (Å²) >= 11 is 0. The molecule has 3 aliphatic rings. The van der Waals surface area contributed by atoms with Gasteiger partial charge in [0.2, 0.25) is 0 Å². The van der Waals surface area contributed by atoms with E-state index in [9.17, 15) is 4.79 Å². The molecule has 13 heavy (non-hydrogen) atoms. The normalized spacial score (nSPS) is 47.8. The first-order valence-electron chi connectivity index (χ1n) is 4.99. The van der Waals surface area contributed by atoms with Gasteiger partial charge in [0.1, 0.15) is 5.60 Å². The predicted octanol–water partition coefficient (Wildman–Crippen LogP) is 0.379. The van der Waals surface area contributed by atoms with Crippen molar-refractivity contribution in [2.45, 2.75) is 43.4 Å². The highest BCUT2D eigenvalue weighted by Crippen LogP contribution is 2.37. The SMILES string of the molecule is O=C1NCC2(C[C@H]3CC[C@@H](C2)N3)O1. The van der Waals surface area contributed by atoms with Crippen molar-refractivity contribution in [3.8, 4) is 0 Å². The minimum atomic E-state index is -0.235. The molecule has 3 rings (SSSR count). The van der Waals surface area contributed by atoms with Gasteiger partial charge in [-0.25, -0.2) is 4.79 Å². The van der Waals surface area contributed by atoms with Crippen LogP contribution in [0.5, 0.6) is 0 Å². The lowest BCUT2D eigenvalue weighted by atomic mass is 9.88. The van der Waals surface area contributed by atoms with E-state index in [0.29, 0.717) is 18.6 Å². The Bertz CT molecular complexity index is 242. The maximum Gasteiger partial charge on any atom is 0.407 e. The Hall–Kier alpha value is -0.770. The summed E-state index contributed by atoms with van der Waals surface area (Å²) in [6, 6.07) is 1.15. The van der Waals surface area contributed by atoms with Crippen LogP contribution in [0.25, 0.3) is 0 Å². The lowest BCUT2D eigenvalue weighted by molar-refractivity contribution is 0.0161. The Kier molecular flexibility index (Phi) is 1.39. The van der Waals surface area contributed by atoms with E-state index in [2.05, 4.69) is 10.6 Å². The topological polar surface area (TPSA) is 50.4 Å². The second-order valence-electron chi connectivity index (χ2n) is 4.47. The van der Waals surface area contributed by atoms with E-state index in [1.807, 2.05) is 0 Å². The molecule has 4 nitrogen and oxygen atoms in total. The molecule has 0 aliphatic carbocycles. The van der Waals surface area contributed by atoms with E-state index >= 15 is 0 Å². The first-order chi connectivity index (χ1) is 6.26. The van der Waals surface area contributed by atoms with E-state index in [4.69, 9.17) is 4.74 Å². The summed E-state index contributed by atoms with van der Waals surface area (Å²) in [5.74, 6) is 0. The number of alkyl carbamates (subject to hydrolysis) is 1. The van der Waals surface area contributed by atoms with Crippen molar-refractivity contribution in [3.63, 3.8) is 0 Å². The van der Waals surface area contributed by atoms with Crippen LogP contribution in [0.4, 0.5) is 4.79 Å². The predicted molar refractivity (Wildman–Crippen MR) is 46.4 cm³/mol. The highest BCUT2D eigenvalue weighted by atomic mass is 16.6. The molecule has 3 aliphatic heterocycles. The maximum absolute atomic E-state index is 11.0. The quantitative estimate of drug-likeness (QED) is 0.569. The molecule has 2 N–H and O–H groups in total. The van der Waals surface area contributed by atoms with Gasteiger partial charge in [-0.2, -0.15) is 0 Å². The second kappa shape index (κ2) is 2.38. The first kappa shape index (κ1) is 7.62. The number of carbonyl (C=O) groups is 1. The van der Waals surface area contributed by atoms with E-state index < -0.39 is 0 Å². The Morgan fingerprint density at radius 2 is 2.00 bits per heavy atom. The van der Waals surface area contributed by atoms with Crippen molar-refractivity contribution >= 4 is 6.09 Å². The minimum absolute atomic E-state index is 0.172. The summed E-state index contributed by atoms with van der Waals surface area (Å²) in [5.41, 5.74) is -0.172. The summed E-state index contributed by atoms with van der Waals surface area (Å²) in [7, 11) is 0. The number of rotatable bonds is 0. The average molecular weight is 182 g/mol. The number of hydrogen-bond acceptors (Lipinski definition) is 3. The smallest absolute Gasteiger partial charge is 0.407 e. The van der Waals surface area contributed by atoms with Crippen molar-refractivity contribution in [3.05, 3.63) is 0 Å². The van der Waals surface area contributed by atoms with Gasteiger partial charge in [0, 0.05) is 24.9 Å². The summed E-state index contributed by atoms with van der Waals surface area (Å²) in [6.07, 6.45) is 4.22. The van der Waals surface area contributed by atoms with E-state index in [1.54, 1.807) is 0 Å². The summed E-state index contributed by atoms with van der Waals surface area (Å²) in [4.78, 5) is 11.0. The Balaban J connectivity index is 1.81. The van der Waals surface area contributed by atoms with Crippen LogP contribution in [-0.2, 0) is 4.74 Å². The van der Waals surface area contributed by atoms with Crippen molar-refractivity contribution in [1.82, 2.24) is 10.6 Å². The largest absolute Gasteiger partial charge is 0.441 e. The molecule has 0 radical (unpaired) electrons. The van der Waals surface area contributed by atoms with Gasteiger partial charge in [-0.1, -0.05) is 0 Å². The van der Waals surface area contributed by atoms with Gasteiger partial charge in [0.15, 0.2) is 0 Å². The van der Waals surface area contributed by atoms with Gasteiger partial charge in [-0.3, -0.25) is 0 Å². The molecule has 0 aromatic heterocycles. The molecular weight excluding hydrogens is 168 g/mol. The fourth-order valence-electron chi connectivity index (χ4n) is 2.94. The molecule has 1 amide bonds. The third-order valence-corrected chi connectivity index (χ3v) is 3.44. The van der Waals surface area contributed by atoms with E-state index in [1.165, 1.54) is 12.8 Å². The van der Waals surface area contributed by atoms with Crippen molar-refractivity contribution in [2.24, 2.45) is 0 Å². The Labute approximate surface area is 77.0 Å². The molecule has 3 fully saturated rings. The monoisotopic (exact) mass is 182 g/mol. The molecule has 3 saturated heterocycles. The van der Waals surface area contributed by atoms with Gasteiger partial charge < -0.3 is 15.4 Å². The molecule has 72 valence electrons. The molecule has 3 heterocycles. The summed E-state index contributed by atoms with van der Waals surface area (Å²) in [6.45, 7) is 0.709. The lowest BCUT2D eigenvalue weighted by Gasteiger charge is -2.35. The zero-order valence-electron chi connectivity index (χ0n) is 7.51. The fourth-order valence-corrected chi connectivity index (χ4v) is 2.94. The maximum atomic E-state index is 11.0. The second-order valence-corrected chi connectivity index (χ2v) is 4.47. The summed E-state index contributed by atoms with van der Waals surface area (Å²) < 4.78 is 5.38. The molecule has 1 spiro atoms. The number of piperidine rings is 1. The van der Waals surface area contributed by atoms with Gasteiger partial charge in [0.05, 0.1) is 6.54 Å². The average Bonchev–Trinajstić information content (AvgIpc) is 2.58. The van der Waals surface area contributed by atoms with Crippen LogP contribution < -0.4 is 10.6 Å². The van der Waals surface area contributed by atoms with Gasteiger partial charge in [-0.15, -0.1) is 0 Å². The third kappa shape index (κ3) is 1.12. The third-order valence-electron chi connectivity index (χ3n) is 3.44. The Morgan fingerprint density at radius 1 is 1.31 bits per heavy atom. The van der Waals surface area contributed by atoms with Gasteiger partial charge in [-0.05, 0) is 12.8 Å². The molecule has 0 saturated carbocycles. The van der Waals surface area contributed by atoms with Crippen LogP contribution in [-0.4, -0.2) is 30.3 Å². The summed E-state index contributed by atoms with van der Waals surface area (Å²) in [5, 5.41) is 6.30. The molecular formula is C9H14N2O2. The first-order valence-corrected chi connectivity index (χ1v) is 4.99. The standard InChI is InChI=1S/C9H14N2O2/c12-8-10-5-9(13-8)3-6-1-2-7(4-9)11-6/h6-7,11H,1-5H2,(H,10,12)/t6-,7+,9?. The highest BCUT2D eigenvalue weighted by Gasteiger charge is 2.49. The van der Waals surface area contributed by atoms with Crippen molar-refractivity contribution in [2.75, 3.05) is 6.54 Å². The van der Waals surface area contributed by atoms with Crippen LogP contribution in [0, 0.1) is 0 Å². The van der Waals surface area contributed by atoms with Crippen LogP contribution >= 0.6 is 0 Å². The molecule has 0 aromatic carbocycles. The lowest BCUT2D eigenvalue weighted by Crippen LogP contribution is -2.50. The number of ether oxygens (including phenoxy) is 1. The van der Waals surface area contributed by atoms with Crippen LogP contribution in [0.1, 0.15) is 25.7 Å². The van der Waals surface area contributed by atoms with Crippen molar-refractivity contribution < 1.29 is 9.53 Å². The molecule has 1 unspecified atom stereocenters. The number of carbonyl (C=O) groups excluding carboxylic acids is 1. The fraction of sp³-hybridized carbons (Fsp3) is 0.889. The van der Waals surface area contributed by atoms with Crippen LogP contribution in [0.3, 0.4) is 0 Å². The minimum Gasteiger partial charge on any atom is -0.441 e. The Morgan fingerprint density at radius 3 is 2.54 bits per heavy atom. The van der Waals surface area contributed by atoms with Gasteiger partial charge >= 0.3 is 6.09 Å². The molecule has 0 aromatic rings. The number of amides is 1. The van der Waals surface area contributed by atoms with E-state index in [0.717, 1.165) is 12.8 Å². The van der Waals surface area contributed by atoms with E-state index in [-0.39, 0.29) is 11.7 Å². The number of nitrogens with one attached hydrogen (secondary N) is 2. The zero-order valence-corrected chi connectivity index (χ0v) is 7.51. The number of fused-ring (bicyclic) bond motifs is 2. The number of hydrogen-bond donors (Lipinski definition) is 2. The van der Waals surface area contributed by atoms with Crippen LogP contribution in [0.2, 0.25) is 0 Å². The molecule has 2 bridgehead atoms. The van der Waals surface area contributed by atoms with Crippen molar-refractivity contribution in [1.29, 1.82) is 0 Å². The van der Waals surface area contributed by atoms with Crippen LogP contribution in [0.15, 0.2) is 0 Å². The molecule has 3 atom stereocenters. The molecule has 4 heteroatoms.